The van der Waals surface area contributed by atoms with E-state index in [-0.39, 0.29) is 17.7 Å². The van der Waals surface area contributed by atoms with Crippen LogP contribution in [0.4, 0.5) is 4.79 Å². The van der Waals surface area contributed by atoms with Crippen LogP contribution >= 0.6 is 35.0 Å². The van der Waals surface area contributed by atoms with E-state index in [1.165, 1.54) is 4.90 Å². The number of halogens is 2. The number of aryl methyl sites for hydroxylation is 2. The minimum atomic E-state index is -0.293. The first-order valence-corrected chi connectivity index (χ1v) is 11.3. The Morgan fingerprint density at radius 3 is 2.48 bits per heavy atom. The van der Waals surface area contributed by atoms with Gasteiger partial charge in [-0.3, -0.25) is 14.5 Å². The average molecular weight is 471 g/mol. The van der Waals surface area contributed by atoms with Crippen molar-refractivity contribution in [3.8, 4) is 5.69 Å². The molecule has 2 amide bonds. The van der Waals surface area contributed by atoms with Gasteiger partial charge in [0.1, 0.15) is 0 Å². The molecule has 2 heterocycles. The van der Waals surface area contributed by atoms with Crippen LogP contribution in [0.2, 0.25) is 10.0 Å². The Labute approximate surface area is 195 Å². The number of thioether (sulfide) groups is 1. The van der Waals surface area contributed by atoms with Crippen LogP contribution in [0.25, 0.3) is 11.8 Å². The van der Waals surface area contributed by atoms with Crippen molar-refractivity contribution in [1.82, 2.24) is 9.47 Å². The van der Waals surface area contributed by atoms with Gasteiger partial charge in [-0.1, -0.05) is 41.4 Å². The first-order chi connectivity index (χ1) is 14.7. The van der Waals surface area contributed by atoms with Gasteiger partial charge < -0.3 is 4.57 Å². The minimum Gasteiger partial charge on any atom is -0.318 e. The summed E-state index contributed by atoms with van der Waals surface area (Å²) in [5.41, 5.74) is 5.66. The predicted octanol–water partition coefficient (Wildman–Crippen LogP) is 6.95. The summed E-state index contributed by atoms with van der Waals surface area (Å²) in [6.45, 7) is 6.15. The number of hydrogen-bond donors (Lipinski definition) is 0. The van der Waals surface area contributed by atoms with Crippen molar-refractivity contribution in [2.75, 3.05) is 0 Å². The number of nitrogens with zero attached hydrogens (tertiary/aromatic N) is 2. The molecule has 31 heavy (non-hydrogen) atoms. The monoisotopic (exact) mass is 470 g/mol. The van der Waals surface area contributed by atoms with Crippen LogP contribution in [-0.4, -0.2) is 20.6 Å². The maximum atomic E-state index is 12.9. The highest BCUT2D eigenvalue weighted by Gasteiger charge is 2.35. The molecule has 1 aromatic heterocycles. The number of aromatic nitrogens is 1. The second-order valence-electron chi connectivity index (χ2n) is 7.49. The van der Waals surface area contributed by atoms with E-state index in [0.29, 0.717) is 15.0 Å². The molecule has 1 aliphatic heterocycles. The molecule has 158 valence electrons. The fourth-order valence-electron chi connectivity index (χ4n) is 3.65. The van der Waals surface area contributed by atoms with Crippen LogP contribution in [-0.2, 0) is 11.3 Å². The number of carbonyl (C=O) groups is 2. The van der Waals surface area contributed by atoms with Gasteiger partial charge in [0, 0.05) is 27.1 Å². The van der Waals surface area contributed by atoms with E-state index in [2.05, 4.69) is 4.57 Å². The molecule has 0 saturated carbocycles. The summed E-state index contributed by atoms with van der Waals surface area (Å²) >= 11 is 13.3. The van der Waals surface area contributed by atoms with Gasteiger partial charge in [0.25, 0.3) is 11.1 Å². The third-order valence-electron chi connectivity index (χ3n) is 5.27. The first kappa shape index (κ1) is 21.8. The molecule has 3 aromatic rings. The van der Waals surface area contributed by atoms with Gasteiger partial charge in [-0.25, -0.2) is 0 Å². The molecule has 0 N–H and O–H groups in total. The van der Waals surface area contributed by atoms with E-state index in [1.807, 2.05) is 51.1 Å². The van der Waals surface area contributed by atoms with Crippen molar-refractivity contribution >= 4 is 52.2 Å². The zero-order chi connectivity index (χ0) is 22.3. The summed E-state index contributed by atoms with van der Waals surface area (Å²) in [6, 6.07) is 15.1. The highest BCUT2D eigenvalue weighted by atomic mass is 35.5. The van der Waals surface area contributed by atoms with Crippen LogP contribution < -0.4 is 0 Å². The predicted molar refractivity (Wildman–Crippen MR) is 128 cm³/mol. The van der Waals surface area contributed by atoms with Crippen molar-refractivity contribution in [3.05, 3.63) is 91.6 Å². The molecule has 0 spiro atoms. The lowest BCUT2D eigenvalue weighted by Gasteiger charge is -2.12. The van der Waals surface area contributed by atoms with Crippen LogP contribution in [0.15, 0.2) is 53.4 Å². The second kappa shape index (κ2) is 8.58. The van der Waals surface area contributed by atoms with Gasteiger partial charge in [0.05, 0.1) is 11.4 Å². The lowest BCUT2D eigenvalue weighted by atomic mass is 10.2. The van der Waals surface area contributed by atoms with Gasteiger partial charge in [0.2, 0.25) is 0 Å². The summed E-state index contributed by atoms with van der Waals surface area (Å²) in [4.78, 5) is 27.1. The van der Waals surface area contributed by atoms with E-state index in [0.717, 1.165) is 45.5 Å². The Balaban J connectivity index is 1.64. The summed E-state index contributed by atoms with van der Waals surface area (Å²) in [7, 11) is 0. The standard InChI is InChI=1S/C24H20Cl2N2O2S/c1-14-7-8-20(12-21(14)26)28-15(2)9-18(16(28)3)11-22-23(29)27(24(30)31-22)13-17-5-4-6-19(25)10-17/h4-12H,13H2,1-3H3/b22-11-. The highest BCUT2D eigenvalue weighted by Crippen LogP contribution is 2.35. The molecule has 7 heteroatoms. The number of benzene rings is 2. The zero-order valence-corrected chi connectivity index (χ0v) is 19.6. The molecule has 1 fully saturated rings. The fourth-order valence-corrected chi connectivity index (χ4v) is 4.86. The Bertz CT molecular complexity index is 1250. The molecule has 4 nitrogen and oxygen atoms in total. The van der Waals surface area contributed by atoms with Gasteiger partial charge in [-0.15, -0.1) is 0 Å². The third kappa shape index (κ3) is 4.31. The Morgan fingerprint density at radius 2 is 1.77 bits per heavy atom. The van der Waals surface area contributed by atoms with E-state index >= 15 is 0 Å². The molecule has 0 bridgehead atoms. The molecule has 0 atom stereocenters. The summed E-state index contributed by atoms with van der Waals surface area (Å²) in [6.07, 6.45) is 1.79. The minimum absolute atomic E-state index is 0.198. The van der Waals surface area contributed by atoms with Crippen LogP contribution in [0, 0.1) is 20.8 Å². The molecule has 0 aliphatic carbocycles. The van der Waals surface area contributed by atoms with Crippen LogP contribution in [0.1, 0.15) is 28.1 Å². The lowest BCUT2D eigenvalue weighted by Crippen LogP contribution is -2.27. The quantitative estimate of drug-likeness (QED) is 0.387. The topological polar surface area (TPSA) is 42.3 Å². The van der Waals surface area contributed by atoms with Crippen LogP contribution in [0.3, 0.4) is 0 Å². The molecule has 0 unspecified atom stereocenters. The Kier molecular flexibility index (Phi) is 6.02. The molecule has 2 aromatic carbocycles. The average Bonchev–Trinajstić information content (AvgIpc) is 3.14. The number of imide groups is 1. The van der Waals surface area contributed by atoms with Gasteiger partial charge in [-0.2, -0.15) is 0 Å². The van der Waals surface area contributed by atoms with Gasteiger partial charge >= 0.3 is 0 Å². The number of amides is 2. The Hall–Kier alpha value is -2.47. The normalized spacial score (nSPS) is 15.4. The molecular formula is C24H20Cl2N2O2S. The summed E-state index contributed by atoms with van der Waals surface area (Å²) in [5, 5.41) is 0.993. The third-order valence-corrected chi connectivity index (χ3v) is 6.82. The lowest BCUT2D eigenvalue weighted by molar-refractivity contribution is -0.123. The Morgan fingerprint density at radius 1 is 1.00 bits per heavy atom. The molecule has 0 radical (unpaired) electrons. The van der Waals surface area contributed by atoms with Gasteiger partial charge in [-0.05, 0) is 85.6 Å². The van der Waals surface area contributed by atoms with Crippen molar-refractivity contribution < 1.29 is 9.59 Å². The first-order valence-electron chi connectivity index (χ1n) is 9.70. The molecular weight excluding hydrogens is 451 g/mol. The smallest absolute Gasteiger partial charge is 0.293 e. The maximum Gasteiger partial charge on any atom is 0.293 e. The number of carbonyl (C=O) groups excluding carboxylic acids is 2. The fraction of sp³-hybridized carbons (Fsp3) is 0.167. The summed E-state index contributed by atoms with van der Waals surface area (Å²) < 4.78 is 2.09. The second-order valence-corrected chi connectivity index (χ2v) is 9.33. The SMILES string of the molecule is Cc1ccc(-n2c(C)cc(/C=C3\SC(=O)N(Cc4cccc(Cl)c4)C3=O)c2C)cc1Cl. The van der Waals surface area contributed by atoms with Crippen molar-refractivity contribution in [2.45, 2.75) is 27.3 Å². The van der Waals surface area contributed by atoms with E-state index in [9.17, 15) is 9.59 Å². The number of hydrogen-bond acceptors (Lipinski definition) is 3. The highest BCUT2D eigenvalue weighted by molar-refractivity contribution is 8.18. The zero-order valence-electron chi connectivity index (χ0n) is 17.3. The van der Waals surface area contributed by atoms with Crippen LogP contribution in [0.5, 0.6) is 0 Å². The summed E-state index contributed by atoms with van der Waals surface area (Å²) in [5.74, 6) is -0.293. The van der Waals surface area contributed by atoms with E-state index < -0.39 is 0 Å². The molecule has 4 rings (SSSR count). The van der Waals surface area contributed by atoms with Gasteiger partial charge in [0.15, 0.2) is 0 Å². The van der Waals surface area contributed by atoms with E-state index in [4.69, 9.17) is 23.2 Å². The molecule has 1 aliphatic rings. The van der Waals surface area contributed by atoms with E-state index in [1.54, 1.807) is 24.3 Å². The number of rotatable bonds is 4. The van der Waals surface area contributed by atoms with Crippen molar-refractivity contribution in [1.29, 1.82) is 0 Å². The van der Waals surface area contributed by atoms with Crippen molar-refractivity contribution in [2.24, 2.45) is 0 Å². The largest absolute Gasteiger partial charge is 0.318 e. The maximum absolute atomic E-state index is 12.9. The molecule has 1 saturated heterocycles. The van der Waals surface area contributed by atoms with Crippen molar-refractivity contribution in [3.63, 3.8) is 0 Å².